The Morgan fingerprint density at radius 2 is 1.84 bits per heavy atom. The smallest absolute Gasteiger partial charge is 0.405 e. The van der Waals surface area contributed by atoms with Crippen LogP contribution in [0.2, 0.25) is 0 Å². The molecule has 108 valence electrons. The molecule has 0 aliphatic carbocycles. The van der Waals surface area contributed by atoms with Gasteiger partial charge in [0.1, 0.15) is 0 Å². The van der Waals surface area contributed by atoms with Gasteiger partial charge >= 0.3 is 7.12 Å². The van der Waals surface area contributed by atoms with E-state index in [0.29, 0.717) is 6.61 Å². The maximum absolute atomic E-state index is 5.92. The van der Waals surface area contributed by atoms with Gasteiger partial charge in [-0.1, -0.05) is 0 Å². The van der Waals surface area contributed by atoms with Gasteiger partial charge in [0.2, 0.25) is 0 Å². The molecule has 0 saturated carbocycles. The molecule has 6 heteroatoms. The normalized spacial score (nSPS) is 24.1. The van der Waals surface area contributed by atoms with Crippen molar-refractivity contribution in [1.82, 2.24) is 0 Å². The molecule has 0 radical (unpaired) electrons. The molecule has 0 aromatic heterocycles. The summed E-state index contributed by atoms with van der Waals surface area (Å²) in [5, 5.41) is 0. The highest BCUT2D eigenvalue weighted by Gasteiger charge is 2.52. The van der Waals surface area contributed by atoms with E-state index in [1.165, 1.54) is 6.20 Å². The molecule has 1 fully saturated rings. The standard InChI is InChI=1S/C13H25BN2O3/c1-10(9-17-6)16-8-11(7-15)14-18-12(2,3)13(4,5)19-14/h7-8,10H,9,15H2,1-6H3. The molecule has 0 spiro atoms. The van der Waals surface area contributed by atoms with Gasteiger partial charge < -0.3 is 19.8 Å². The zero-order chi connectivity index (χ0) is 14.7. The molecular weight excluding hydrogens is 243 g/mol. The summed E-state index contributed by atoms with van der Waals surface area (Å²) in [7, 11) is 1.17. The zero-order valence-electron chi connectivity index (χ0n) is 12.8. The predicted octanol–water partition coefficient (Wildman–Crippen LogP) is 1.57. The first-order valence-corrected chi connectivity index (χ1v) is 6.53. The Morgan fingerprint density at radius 3 is 2.26 bits per heavy atom. The Labute approximate surface area is 116 Å². The van der Waals surface area contributed by atoms with Crippen LogP contribution in [-0.2, 0) is 14.0 Å². The third-order valence-electron chi connectivity index (χ3n) is 3.60. The lowest BCUT2D eigenvalue weighted by molar-refractivity contribution is 0.00578. The number of aliphatic imine (C=N–C) groups is 1. The number of rotatable bonds is 5. The van der Waals surface area contributed by atoms with Crippen LogP contribution in [0.4, 0.5) is 0 Å². The Balaban J connectivity index is 2.74. The molecule has 19 heavy (non-hydrogen) atoms. The van der Waals surface area contributed by atoms with E-state index < -0.39 is 7.12 Å². The van der Waals surface area contributed by atoms with Gasteiger partial charge in [-0.05, 0) is 40.8 Å². The van der Waals surface area contributed by atoms with Crippen molar-refractivity contribution < 1.29 is 14.0 Å². The highest BCUT2D eigenvalue weighted by molar-refractivity contribution is 6.60. The number of methoxy groups -OCH3 is 1. The maximum atomic E-state index is 5.92. The number of hydrogen-bond donors (Lipinski definition) is 1. The van der Waals surface area contributed by atoms with Gasteiger partial charge in [0.25, 0.3) is 0 Å². The molecule has 1 unspecified atom stereocenters. The molecule has 1 saturated heterocycles. The van der Waals surface area contributed by atoms with Crippen LogP contribution in [0.1, 0.15) is 34.6 Å². The summed E-state index contributed by atoms with van der Waals surface area (Å²) >= 11 is 0. The average Bonchev–Trinajstić information content (AvgIpc) is 2.49. The molecule has 1 aliphatic heterocycles. The third kappa shape index (κ3) is 3.81. The molecule has 1 atom stereocenters. The second-order valence-electron chi connectivity index (χ2n) is 5.84. The largest absolute Gasteiger partial charge is 0.497 e. The van der Waals surface area contributed by atoms with E-state index in [1.807, 2.05) is 34.6 Å². The zero-order valence-corrected chi connectivity index (χ0v) is 12.8. The van der Waals surface area contributed by atoms with Crippen LogP contribution < -0.4 is 5.73 Å². The molecule has 0 aromatic rings. The second kappa shape index (κ2) is 6.07. The van der Waals surface area contributed by atoms with E-state index in [4.69, 9.17) is 19.8 Å². The van der Waals surface area contributed by atoms with E-state index in [1.54, 1.807) is 13.3 Å². The van der Waals surface area contributed by atoms with Crippen LogP contribution in [0, 0.1) is 0 Å². The number of allylic oxidation sites excluding steroid dienone is 1. The highest BCUT2D eigenvalue weighted by Crippen LogP contribution is 2.38. The highest BCUT2D eigenvalue weighted by atomic mass is 16.7. The minimum Gasteiger partial charge on any atom is -0.405 e. The van der Waals surface area contributed by atoms with Crippen LogP contribution >= 0.6 is 0 Å². The maximum Gasteiger partial charge on any atom is 0.497 e. The lowest BCUT2D eigenvalue weighted by Gasteiger charge is -2.32. The molecule has 2 N–H and O–H groups in total. The van der Waals surface area contributed by atoms with Gasteiger partial charge in [-0.15, -0.1) is 0 Å². The van der Waals surface area contributed by atoms with E-state index in [9.17, 15) is 0 Å². The molecule has 1 rings (SSSR count). The van der Waals surface area contributed by atoms with Crippen LogP contribution in [0.25, 0.3) is 0 Å². The molecular formula is C13H25BN2O3. The Bertz CT molecular complexity index is 351. The quantitative estimate of drug-likeness (QED) is 0.607. The summed E-state index contributed by atoms with van der Waals surface area (Å²) < 4.78 is 16.9. The van der Waals surface area contributed by atoms with Gasteiger partial charge in [0, 0.05) is 18.8 Å². The Kier molecular flexibility index (Phi) is 5.18. The van der Waals surface area contributed by atoms with Gasteiger partial charge in [-0.25, -0.2) is 0 Å². The molecule has 0 aromatic carbocycles. The lowest BCUT2D eigenvalue weighted by atomic mass is 9.79. The van der Waals surface area contributed by atoms with E-state index in [-0.39, 0.29) is 17.2 Å². The van der Waals surface area contributed by atoms with Crippen molar-refractivity contribution >= 4 is 13.3 Å². The first kappa shape index (κ1) is 16.2. The second-order valence-corrected chi connectivity index (χ2v) is 5.84. The van der Waals surface area contributed by atoms with Crippen molar-refractivity contribution in [1.29, 1.82) is 0 Å². The summed E-state index contributed by atoms with van der Waals surface area (Å²) in [5.74, 6) is 0. The summed E-state index contributed by atoms with van der Waals surface area (Å²) in [6.45, 7) is 10.6. The van der Waals surface area contributed by atoms with Crippen LogP contribution in [0.3, 0.4) is 0 Å². The van der Waals surface area contributed by atoms with Gasteiger partial charge in [-0.3, -0.25) is 4.99 Å². The third-order valence-corrected chi connectivity index (χ3v) is 3.60. The number of nitrogens with two attached hydrogens (primary N) is 1. The average molecular weight is 268 g/mol. The van der Waals surface area contributed by atoms with Crippen molar-refractivity contribution in [2.24, 2.45) is 10.7 Å². The summed E-state index contributed by atoms with van der Waals surface area (Å²) in [4.78, 5) is 4.37. The fourth-order valence-corrected chi connectivity index (χ4v) is 1.66. The van der Waals surface area contributed by atoms with Crippen LogP contribution in [-0.4, -0.2) is 44.3 Å². The van der Waals surface area contributed by atoms with Crippen molar-refractivity contribution in [3.05, 3.63) is 11.7 Å². The number of ether oxygens (including phenoxy) is 1. The summed E-state index contributed by atoms with van der Waals surface area (Å²) in [6, 6.07) is 0.0716. The molecule has 1 heterocycles. The minimum atomic E-state index is -0.478. The van der Waals surface area contributed by atoms with E-state index in [0.717, 1.165) is 5.47 Å². The Morgan fingerprint density at radius 1 is 1.32 bits per heavy atom. The number of nitrogens with zero attached hydrogens (tertiary/aromatic N) is 1. The summed E-state index contributed by atoms with van der Waals surface area (Å²) in [6.07, 6.45) is 3.18. The monoisotopic (exact) mass is 268 g/mol. The summed E-state index contributed by atoms with van der Waals surface area (Å²) in [5.41, 5.74) is 5.61. The fourth-order valence-electron chi connectivity index (χ4n) is 1.66. The number of hydrogen-bond acceptors (Lipinski definition) is 5. The first-order chi connectivity index (χ1) is 8.73. The minimum absolute atomic E-state index is 0.0716. The lowest BCUT2D eigenvalue weighted by Crippen LogP contribution is -2.41. The van der Waals surface area contributed by atoms with E-state index >= 15 is 0 Å². The van der Waals surface area contributed by atoms with Crippen LogP contribution in [0.5, 0.6) is 0 Å². The topological polar surface area (TPSA) is 66.1 Å². The first-order valence-electron chi connectivity index (χ1n) is 6.53. The van der Waals surface area contributed by atoms with Crippen LogP contribution in [0.15, 0.2) is 16.7 Å². The van der Waals surface area contributed by atoms with Gasteiger partial charge in [0.15, 0.2) is 0 Å². The molecule has 5 nitrogen and oxygen atoms in total. The van der Waals surface area contributed by atoms with Gasteiger partial charge in [0.05, 0.1) is 23.9 Å². The molecule has 0 bridgehead atoms. The van der Waals surface area contributed by atoms with Crippen molar-refractivity contribution in [3.8, 4) is 0 Å². The van der Waals surface area contributed by atoms with Crippen molar-refractivity contribution in [3.63, 3.8) is 0 Å². The molecule has 1 aliphatic rings. The van der Waals surface area contributed by atoms with E-state index in [2.05, 4.69) is 4.99 Å². The van der Waals surface area contributed by atoms with Gasteiger partial charge in [-0.2, -0.15) is 0 Å². The fraction of sp³-hybridized carbons (Fsp3) is 0.769. The van der Waals surface area contributed by atoms with Crippen molar-refractivity contribution in [2.45, 2.75) is 51.9 Å². The van der Waals surface area contributed by atoms with Crippen molar-refractivity contribution in [2.75, 3.05) is 13.7 Å². The molecule has 0 amide bonds. The predicted molar refractivity (Wildman–Crippen MR) is 78.2 cm³/mol. The Hall–Kier alpha value is -0.845. The SMILES string of the molecule is COCC(C)N=CC(=CN)B1OC(C)(C)C(C)(C)O1.